The van der Waals surface area contributed by atoms with Crippen molar-refractivity contribution < 1.29 is 5.11 Å². The largest absolute Gasteiger partial charge is 0.389 e. The van der Waals surface area contributed by atoms with Crippen LogP contribution in [0.3, 0.4) is 0 Å². The molecule has 3 rings (SSSR count). The number of hydrogen-bond donors (Lipinski definition) is 1. The third-order valence-corrected chi connectivity index (χ3v) is 3.97. The van der Waals surface area contributed by atoms with E-state index in [1.807, 2.05) is 6.08 Å². The van der Waals surface area contributed by atoms with E-state index >= 15 is 0 Å². The molecular weight excluding hydrogens is 136 g/mol. The van der Waals surface area contributed by atoms with E-state index < -0.39 is 0 Å². The van der Waals surface area contributed by atoms with Gasteiger partial charge >= 0.3 is 0 Å². The van der Waals surface area contributed by atoms with Crippen LogP contribution in [0.15, 0.2) is 12.2 Å². The van der Waals surface area contributed by atoms with E-state index in [0.29, 0.717) is 5.92 Å². The van der Waals surface area contributed by atoms with Crippen LogP contribution in [0.25, 0.3) is 0 Å². The molecule has 3 aliphatic rings. The van der Waals surface area contributed by atoms with Gasteiger partial charge in [0.05, 0.1) is 6.10 Å². The average Bonchev–Trinajstić information content (AvgIpc) is 2.60. The molecule has 60 valence electrons. The second-order valence-corrected chi connectivity index (χ2v) is 4.36. The maximum atomic E-state index is 9.63. The van der Waals surface area contributed by atoms with E-state index in [2.05, 4.69) is 6.08 Å². The summed E-state index contributed by atoms with van der Waals surface area (Å²) in [5, 5.41) is 9.63. The van der Waals surface area contributed by atoms with Gasteiger partial charge in [-0.3, -0.25) is 0 Å². The molecule has 1 N–H and O–H groups in total. The Labute approximate surface area is 67.1 Å². The summed E-state index contributed by atoms with van der Waals surface area (Å²) in [6.45, 7) is 0. The Morgan fingerprint density at radius 2 is 1.91 bits per heavy atom. The second kappa shape index (κ2) is 1.89. The van der Waals surface area contributed by atoms with Gasteiger partial charge in [-0.1, -0.05) is 12.2 Å². The molecule has 3 aliphatic carbocycles. The Morgan fingerprint density at radius 1 is 1.09 bits per heavy atom. The van der Waals surface area contributed by atoms with Gasteiger partial charge in [-0.15, -0.1) is 0 Å². The van der Waals surface area contributed by atoms with Crippen molar-refractivity contribution in [2.24, 2.45) is 23.7 Å². The van der Waals surface area contributed by atoms with Crippen LogP contribution < -0.4 is 0 Å². The highest BCUT2D eigenvalue weighted by Crippen LogP contribution is 2.56. The van der Waals surface area contributed by atoms with Gasteiger partial charge < -0.3 is 5.11 Å². The van der Waals surface area contributed by atoms with E-state index in [9.17, 15) is 5.11 Å². The second-order valence-electron chi connectivity index (χ2n) is 4.36. The SMILES string of the molecule is O[C@@H]1C=C[C@@H]2[C@H]3CC[C@@H](C3)[C@@H]21. The maximum absolute atomic E-state index is 9.63. The summed E-state index contributed by atoms with van der Waals surface area (Å²) < 4.78 is 0. The smallest absolute Gasteiger partial charge is 0.0757 e. The van der Waals surface area contributed by atoms with Gasteiger partial charge in [-0.25, -0.2) is 0 Å². The standard InChI is InChI=1S/C10H14O/c11-9-4-3-8-6-1-2-7(5-6)10(8)9/h3-4,6-11H,1-2,5H2/t6-,7-,8+,9+,10-/m0/s1. The van der Waals surface area contributed by atoms with E-state index in [0.717, 1.165) is 17.8 Å². The molecule has 11 heavy (non-hydrogen) atoms. The van der Waals surface area contributed by atoms with Gasteiger partial charge in [0.25, 0.3) is 0 Å². The lowest BCUT2D eigenvalue weighted by Gasteiger charge is -2.26. The molecule has 0 unspecified atom stereocenters. The van der Waals surface area contributed by atoms with Crippen LogP contribution in [0, 0.1) is 23.7 Å². The van der Waals surface area contributed by atoms with Gasteiger partial charge in [0.2, 0.25) is 0 Å². The first-order valence-electron chi connectivity index (χ1n) is 4.72. The molecule has 5 atom stereocenters. The Balaban J connectivity index is 1.96. The fourth-order valence-corrected chi connectivity index (χ4v) is 3.54. The highest BCUT2D eigenvalue weighted by Gasteiger charge is 2.50. The number of aliphatic hydroxyl groups excluding tert-OH is 1. The van der Waals surface area contributed by atoms with Gasteiger partial charge in [0.1, 0.15) is 0 Å². The Bertz CT molecular complexity index is 209. The lowest BCUT2D eigenvalue weighted by molar-refractivity contribution is 0.105. The molecule has 0 radical (unpaired) electrons. The molecule has 0 aromatic heterocycles. The minimum atomic E-state index is -0.102. The Hall–Kier alpha value is -0.300. The van der Waals surface area contributed by atoms with Crippen LogP contribution >= 0.6 is 0 Å². The summed E-state index contributed by atoms with van der Waals surface area (Å²) in [6.07, 6.45) is 8.37. The van der Waals surface area contributed by atoms with E-state index in [-0.39, 0.29) is 6.10 Å². The first-order chi connectivity index (χ1) is 5.36. The number of aliphatic hydroxyl groups is 1. The van der Waals surface area contributed by atoms with Crippen LogP contribution in [0.4, 0.5) is 0 Å². The zero-order valence-corrected chi connectivity index (χ0v) is 6.61. The zero-order valence-electron chi connectivity index (χ0n) is 6.61. The van der Waals surface area contributed by atoms with Crippen LogP contribution in [-0.2, 0) is 0 Å². The quantitative estimate of drug-likeness (QED) is 0.520. The predicted octanol–water partition coefficient (Wildman–Crippen LogP) is 1.58. The van der Waals surface area contributed by atoms with Crippen molar-refractivity contribution in [1.29, 1.82) is 0 Å². The summed E-state index contributed by atoms with van der Waals surface area (Å²) in [5.74, 6) is 3.16. The monoisotopic (exact) mass is 150 g/mol. The molecule has 1 nitrogen and oxygen atoms in total. The molecule has 0 heterocycles. The molecule has 0 aliphatic heterocycles. The van der Waals surface area contributed by atoms with Gasteiger partial charge in [0.15, 0.2) is 0 Å². The Morgan fingerprint density at radius 3 is 2.73 bits per heavy atom. The normalized spacial score (nSPS) is 58.8. The summed E-state index contributed by atoms with van der Waals surface area (Å²) in [6, 6.07) is 0. The highest BCUT2D eigenvalue weighted by atomic mass is 16.3. The lowest BCUT2D eigenvalue weighted by Crippen LogP contribution is -2.25. The zero-order chi connectivity index (χ0) is 7.42. The van der Waals surface area contributed by atoms with Crippen molar-refractivity contribution in [3.8, 4) is 0 Å². The summed E-state index contributed by atoms with van der Waals surface area (Å²) in [5.41, 5.74) is 0. The topological polar surface area (TPSA) is 20.2 Å². The van der Waals surface area contributed by atoms with E-state index in [4.69, 9.17) is 0 Å². The molecule has 2 bridgehead atoms. The first-order valence-corrected chi connectivity index (χ1v) is 4.72. The molecule has 2 saturated carbocycles. The van der Waals surface area contributed by atoms with Crippen molar-refractivity contribution in [1.82, 2.24) is 0 Å². The molecule has 0 amide bonds. The van der Waals surface area contributed by atoms with Crippen molar-refractivity contribution in [2.75, 3.05) is 0 Å². The molecule has 0 aromatic rings. The van der Waals surface area contributed by atoms with Crippen molar-refractivity contribution in [3.63, 3.8) is 0 Å². The number of allylic oxidation sites excluding steroid dienone is 1. The maximum Gasteiger partial charge on any atom is 0.0757 e. The molecular formula is C10H14O. The van der Waals surface area contributed by atoms with E-state index in [1.165, 1.54) is 19.3 Å². The highest BCUT2D eigenvalue weighted by molar-refractivity contribution is 5.16. The first kappa shape index (κ1) is 6.24. The van der Waals surface area contributed by atoms with Gasteiger partial charge in [0, 0.05) is 0 Å². The molecule has 1 heteroatoms. The summed E-state index contributed by atoms with van der Waals surface area (Å²) in [7, 11) is 0. The summed E-state index contributed by atoms with van der Waals surface area (Å²) in [4.78, 5) is 0. The number of hydrogen-bond acceptors (Lipinski definition) is 1. The summed E-state index contributed by atoms with van der Waals surface area (Å²) >= 11 is 0. The average molecular weight is 150 g/mol. The van der Waals surface area contributed by atoms with Gasteiger partial charge in [-0.05, 0) is 42.9 Å². The van der Waals surface area contributed by atoms with Crippen LogP contribution in [0.5, 0.6) is 0 Å². The molecule has 0 spiro atoms. The predicted molar refractivity (Wildman–Crippen MR) is 43.0 cm³/mol. The molecule has 2 fully saturated rings. The number of fused-ring (bicyclic) bond motifs is 5. The number of rotatable bonds is 0. The van der Waals surface area contributed by atoms with Crippen LogP contribution in [0.1, 0.15) is 19.3 Å². The fourth-order valence-electron chi connectivity index (χ4n) is 3.54. The van der Waals surface area contributed by atoms with Crippen LogP contribution in [-0.4, -0.2) is 11.2 Å². The lowest BCUT2D eigenvalue weighted by atomic mass is 9.80. The third kappa shape index (κ3) is 0.652. The third-order valence-electron chi connectivity index (χ3n) is 3.97. The van der Waals surface area contributed by atoms with E-state index in [1.54, 1.807) is 0 Å². The fraction of sp³-hybridized carbons (Fsp3) is 0.800. The van der Waals surface area contributed by atoms with Gasteiger partial charge in [-0.2, -0.15) is 0 Å². The van der Waals surface area contributed by atoms with Crippen molar-refractivity contribution >= 4 is 0 Å². The van der Waals surface area contributed by atoms with Crippen molar-refractivity contribution in [2.45, 2.75) is 25.4 Å². The molecule has 0 aromatic carbocycles. The Kier molecular flexibility index (Phi) is 1.07. The van der Waals surface area contributed by atoms with Crippen LogP contribution in [0.2, 0.25) is 0 Å². The molecule has 0 saturated heterocycles. The van der Waals surface area contributed by atoms with Crippen molar-refractivity contribution in [3.05, 3.63) is 12.2 Å². The minimum absolute atomic E-state index is 0.102. The minimum Gasteiger partial charge on any atom is -0.389 e.